The van der Waals surface area contributed by atoms with Gasteiger partial charge in [0, 0.05) is 31.6 Å². The first-order chi connectivity index (χ1) is 7.56. The first-order valence-corrected chi connectivity index (χ1v) is 5.45. The molecule has 92 valence electrons. The van der Waals surface area contributed by atoms with Crippen LogP contribution in [0.3, 0.4) is 0 Å². The second kappa shape index (κ2) is 8.91. The molecule has 0 rings (SSSR count). The maximum atomic E-state index is 11.3. The zero-order valence-electron chi connectivity index (χ0n) is 9.82. The van der Waals surface area contributed by atoms with Crippen LogP contribution in [0.25, 0.3) is 0 Å². The van der Waals surface area contributed by atoms with Crippen molar-refractivity contribution in [3.8, 4) is 0 Å². The fourth-order valence-corrected chi connectivity index (χ4v) is 0.996. The molecule has 16 heavy (non-hydrogen) atoms. The molecule has 1 atom stereocenters. The summed E-state index contributed by atoms with van der Waals surface area (Å²) in [6.45, 7) is 4.98. The third-order valence-electron chi connectivity index (χ3n) is 2.07. The van der Waals surface area contributed by atoms with E-state index in [0.717, 1.165) is 12.5 Å². The Morgan fingerprint density at radius 1 is 1.44 bits per heavy atom. The van der Waals surface area contributed by atoms with Crippen LogP contribution in [0.1, 0.15) is 26.7 Å². The van der Waals surface area contributed by atoms with Gasteiger partial charge in [-0.05, 0) is 13.3 Å². The van der Waals surface area contributed by atoms with Gasteiger partial charge in [-0.2, -0.15) is 0 Å². The van der Waals surface area contributed by atoms with Crippen LogP contribution in [0, 0.1) is 0 Å². The highest BCUT2D eigenvalue weighted by molar-refractivity contribution is 5.79. The van der Waals surface area contributed by atoms with E-state index in [1.54, 1.807) is 0 Å². The van der Waals surface area contributed by atoms with Crippen LogP contribution in [0.4, 0.5) is 0 Å². The lowest BCUT2D eigenvalue weighted by molar-refractivity contribution is -0.131. The van der Waals surface area contributed by atoms with Crippen LogP contribution in [0.5, 0.6) is 0 Å². The summed E-state index contributed by atoms with van der Waals surface area (Å²) in [6, 6.07) is 0.208. The molecule has 3 N–H and O–H groups in total. The average molecular weight is 228 g/mol. The lowest BCUT2D eigenvalue weighted by Crippen LogP contribution is -2.34. The molecule has 0 fully saturated rings. The molecule has 0 heterocycles. The fraction of sp³-hybridized carbons (Fsp3) is 0.636. The zero-order valence-corrected chi connectivity index (χ0v) is 9.82. The van der Waals surface area contributed by atoms with E-state index >= 15 is 0 Å². The largest absolute Gasteiger partial charge is 0.478 e. The molecule has 0 saturated heterocycles. The monoisotopic (exact) mass is 228 g/mol. The standard InChI is InChI=1S/C11H20N2O3/c1-3-9(2)13-10(14)6-8-12-7-4-5-11(15)16/h4-5,9,12H,3,6-8H2,1-2H3,(H,13,14)(H,15,16)/b5-4+. The van der Waals surface area contributed by atoms with Crippen molar-refractivity contribution < 1.29 is 14.7 Å². The highest BCUT2D eigenvalue weighted by Gasteiger charge is 2.03. The van der Waals surface area contributed by atoms with Gasteiger partial charge < -0.3 is 15.7 Å². The Hall–Kier alpha value is -1.36. The van der Waals surface area contributed by atoms with Gasteiger partial charge in [-0.25, -0.2) is 4.79 Å². The molecule has 0 bridgehead atoms. The normalized spacial score (nSPS) is 12.6. The summed E-state index contributed by atoms with van der Waals surface area (Å²) >= 11 is 0. The number of nitrogens with one attached hydrogen (secondary N) is 2. The van der Waals surface area contributed by atoms with Gasteiger partial charge in [-0.15, -0.1) is 0 Å². The van der Waals surface area contributed by atoms with E-state index < -0.39 is 5.97 Å². The summed E-state index contributed by atoms with van der Waals surface area (Å²) in [4.78, 5) is 21.4. The van der Waals surface area contributed by atoms with Crippen LogP contribution < -0.4 is 10.6 Å². The number of hydrogen-bond donors (Lipinski definition) is 3. The molecule has 5 heteroatoms. The molecule has 0 aromatic heterocycles. The highest BCUT2D eigenvalue weighted by atomic mass is 16.4. The van der Waals surface area contributed by atoms with Gasteiger partial charge in [0.05, 0.1) is 0 Å². The number of hydrogen-bond acceptors (Lipinski definition) is 3. The van der Waals surface area contributed by atoms with Gasteiger partial charge in [-0.3, -0.25) is 4.79 Å². The van der Waals surface area contributed by atoms with Gasteiger partial charge in [0.15, 0.2) is 0 Å². The molecular weight excluding hydrogens is 208 g/mol. The first kappa shape index (κ1) is 14.6. The lowest BCUT2D eigenvalue weighted by atomic mass is 10.2. The number of carbonyl (C=O) groups is 2. The molecular formula is C11H20N2O3. The van der Waals surface area contributed by atoms with Gasteiger partial charge >= 0.3 is 5.97 Å². The second-order valence-electron chi connectivity index (χ2n) is 3.57. The minimum absolute atomic E-state index is 0.0177. The quantitative estimate of drug-likeness (QED) is 0.418. The van der Waals surface area contributed by atoms with Gasteiger partial charge in [0.2, 0.25) is 5.91 Å². The Kier molecular flexibility index (Phi) is 8.15. The molecule has 0 aliphatic rings. The molecule has 0 aliphatic carbocycles. The predicted molar refractivity (Wildman–Crippen MR) is 62.2 cm³/mol. The van der Waals surface area contributed by atoms with Crippen molar-refractivity contribution in [2.24, 2.45) is 0 Å². The Balaban J connectivity index is 3.45. The van der Waals surface area contributed by atoms with E-state index in [1.807, 2.05) is 13.8 Å². The van der Waals surface area contributed by atoms with E-state index in [4.69, 9.17) is 5.11 Å². The van der Waals surface area contributed by atoms with Crippen molar-refractivity contribution in [1.82, 2.24) is 10.6 Å². The SMILES string of the molecule is CCC(C)NC(=O)CCNC/C=C/C(=O)O. The van der Waals surface area contributed by atoms with Crippen molar-refractivity contribution in [3.63, 3.8) is 0 Å². The van der Waals surface area contributed by atoms with E-state index in [2.05, 4.69) is 10.6 Å². The Morgan fingerprint density at radius 2 is 2.12 bits per heavy atom. The smallest absolute Gasteiger partial charge is 0.328 e. The van der Waals surface area contributed by atoms with Crippen molar-refractivity contribution in [2.45, 2.75) is 32.7 Å². The molecule has 0 aromatic carbocycles. The van der Waals surface area contributed by atoms with Crippen LogP contribution >= 0.6 is 0 Å². The number of amides is 1. The van der Waals surface area contributed by atoms with Gasteiger partial charge in [0.1, 0.15) is 0 Å². The van der Waals surface area contributed by atoms with Crippen molar-refractivity contribution in [2.75, 3.05) is 13.1 Å². The summed E-state index contributed by atoms with van der Waals surface area (Å²) < 4.78 is 0. The van der Waals surface area contributed by atoms with Crippen LogP contribution in [0.2, 0.25) is 0 Å². The van der Waals surface area contributed by atoms with Gasteiger partial charge in [0.25, 0.3) is 0 Å². The van der Waals surface area contributed by atoms with Crippen molar-refractivity contribution in [1.29, 1.82) is 0 Å². The van der Waals surface area contributed by atoms with Crippen molar-refractivity contribution in [3.05, 3.63) is 12.2 Å². The molecule has 1 amide bonds. The molecule has 0 saturated carbocycles. The van der Waals surface area contributed by atoms with E-state index in [1.165, 1.54) is 6.08 Å². The lowest BCUT2D eigenvalue weighted by Gasteiger charge is -2.10. The summed E-state index contributed by atoms with van der Waals surface area (Å²) in [7, 11) is 0. The minimum Gasteiger partial charge on any atom is -0.478 e. The first-order valence-electron chi connectivity index (χ1n) is 5.45. The summed E-state index contributed by atoms with van der Waals surface area (Å²) in [5.41, 5.74) is 0. The molecule has 5 nitrogen and oxygen atoms in total. The fourth-order valence-electron chi connectivity index (χ4n) is 0.996. The summed E-state index contributed by atoms with van der Waals surface area (Å²) in [5.74, 6) is -0.944. The summed E-state index contributed by atoms with van der Waals surface area (Å²) in [5, 5.41) is 14.1. The minimum atomic E-state index is -0.962. The maximum Gasteiger partial charge on any atom is 0.328 e. The molecule has 1 unspecified atom stereocenters. The van der Waals surface area contributed by atoms with E-state index in [-0.39, 0.29) is 11.9 Å². The van der Waals surface area contributed by atoms with Crippen LogP contribution in [-0.2, 0) is 9.59 Å². The predicted octanol–water partition coefficient (Wildman–Crippen LogP) is 0.522. The molecule has 0 spiro atoms. The topological polar surface area (TPSA) is 78.4 Å². The third kappa shape index (κ3) is 9.21. The number of aliphatic carboxylic acids is 1. The van der Waals surface area contributed by atoms with Crippen LogP contribution in [0.15, 0.2) is 12.2 Å². The number of carbonyl (C=O) groups excluding carboxylic acids is 1. The second-order valence-corrected chi connectivity index (χ2v) is 3.57. The number of rotatable bonds is 8. The Labute approximate surface area is 95.9 Å². The Morgan fingerprint density at radius 3 is 2.69 bits per heavy atom. The summed E-state index contributed by atoms with van der Waals surface area (Å²) in [6.07, 6.45) is 3.91. The average Bonchev–Trinajstić information content (AvgIpc) is 2.22. The third-order valence-corrected chi connectivity index (χ3v) is 2.07. The molecule has 0 aliphatic heterocycles. The molecule has 0 radical (unpaired) electrons. The zero-order chi connectivity index (χ0) is 12.4. The van der Waals surface area contributed by atoms with Crippen LogP contribution in [-0.4, -0.2) is 36.1 Å². The highest BCUT2D eigenvalue weighted by Crippen LogP contribution is 1.88. The Bertz CT molecular complexity index is 252. The van der Waals surface area contributed by atoms with Crippen molar-refractivity contribution >= 4 is 11.9 Å². The van der Waals surface area contributed by atoms with Gasteiger partial charge in [-0.1, -0.05) is 13.0 Å². The number of carboxylic acid groups (broad SMARTS) is 1. The van der Waals surface area contributed by atoms with E-state index in [0.29, 0.717) is 19.5 Å². The van der Waals surface area contributed by atoms with E-state index in [9.17, 15) is 9.59 Å². The number of carboxylic acids is 1. The maximum absolute atomic E-state index is 11.3. The molecule has 0 aromatic rings.